The Kier molecular flexibility index (Phi) is 26.4. The van der Waals surface area contributed by atoms with E-state index in [-0.39, 0.29) is 159 Å². The molecule has 2 saturated carbocycles. The lowest BCUT2D eigenvalue weighted by Gasteiger charge is -2.59. The van der Waals surface area contributed by atoms with Crippen LogP contribution in [0.4, 0.5) is 0 Å². The molecule has 122 heavy (non-hydrogen) atoms. The van der Waals surface area contributed by atoms with Crippen molar-refractivity contribution in [3.05, 3.63) is 284 Å². The Balaban J connectivity index is 0.000000126. The summed E-state index contributed by atoms with van der Waals surface area (Å²) < 4.78 is 10.8. The van der Waals surface area contributed by atoms with Gasteiger partial charge in [0.25, 0.3) is 0 Å². The molecule has 8 amide bonds. The standard InChI is InChI=1S/C27H28N2O3.C26H26N2O3.C25H26N2O3.C24H24N2O3/c1-32-18-24-27(22-13-11-20(12-14-22)8-7-19-5-3-2-4-6-19)23-16-28(17-26(31)29(23)24)25(30)15-21-9-10-21;29-17-23-26(21-12-10-19(11-13-21)7-6-18-4-2-1-3-5-18)22-15-27(16-25(31)28(22)23)24(30)14-20-8-9-20;1-17-5-4-6-20(13-17)8-7-19-9-11-21(12-10-19)25-22-14-26(18(2)28)15-24(29)27(22)23(25)16-30-3;1-16-4-3-5-19(12-16)7-6-18-8-10-20(11-9-18)24-21-13-25(17(2)28)14-23(29)26(21)22(24)15-27/h2-6,11-14,21,23-24,27H,9-10,15-18H2,1H3;1-5,10-13,20,22-23,26,29H,8-9,14-17H2;4-6,9-13,22-23,25H,14-16H2,1-3H3;3-5,8-12,21-22,24,27H,13-15H2,1-2H3/t23-,24+,27+;22-,23+,26+;22-,23-,25-;21-,22-,24-/m1100/s1. The molecule has 8 aromatic rings. The molecule has 8 aliphatic heterocycles. The number of hydrogen-bond donors (Lipinski definition) is 2. The van der Waals surface area contributed by atoms with Crippen LogP contribution in [0, 0.1) is 73.0 Å². The highest BCUT2D eigenvalue weighted by molar-refractivity contribution is 5.90. The van der Waals surface area contributed by atoms with Crippen molar-refractivity contribution < 1.29 is 58.0 Å². The summed E-state index contributed by atoms with van der Waals surface area (Å²) in [4.78, 5) is 114. The molecule has 2 N–H and O–H groups in total. The molecule has 20 heteroatoms. The molecule has 8 saturated heterocycles. The second-order valence-electron chi connectivity index (χ2n) is 33.7. The van der Waals surface area contributed by atoms with Crippen molar-refractivity contribution in [2.45, 2.75) is 138 Å². The average molecular weight is 1630 g/mol. The number of amides is 8. The molecule has 20 nitrogen and oxygen atoms in total. The van der Waals surface area contributed by atoms with Gasteiger partial charge in [0.05, 0.1) is 101 Å². The van der Waals surface area contributed by atoms with Crippen LogP contribution in [0.1, 0.15) is 154 Å². The number of nitrogens with zero attached hydrogens (tertiary/aromatic N) is 8. The molecule has 0 bridgehead atoms. The molecule has 10 aliphatic rings. The van der Waals surface area contributed by atoms with Gasteiger partial charge in [-0.2, -0.15) is 0 Å². The lowest BCUT2D eigenvalue weighted by molar-refractivity contribution is -0.168. The zero-order chi connectivity index (χ0) is 85.2. The number of piperazine rings is 4. The largest absolute Gasteiger partial charge is 0.394 e. The second-order valence-corrected chi connectivity index (χ2v) is 33.7. The summed E-state index contributed by atoms with van der Waals surface area (Å²) in [5.74, 6) is 26.9. The zero-order valence-corrected chi connectivity index (χ0v) is 70.0. The summed E-state index contributed by atoms with van der Waals surface area (Å²) >= 11 is 0. The maximum absolute atomic E-state index is 12.9. The summed E-state index contributed by atoms with van der Waals surface area (Å²) in [5, 5.41) is 19.8. The fraction of sp³-hybridized carbons (Fsp3) is 0.373. The minimum Gasteiger partial charge on any atom is -0.394 e. The predicted molar refractivity (Wildman–Crippen MR) is 464 cm³/mol. The first-order chi connectivity index (χ1) is 59.2. The number of aliphatic hydroxyl groups is 2. The molecule has 18 rings (SSSR count). The van der Waals surface area contributed by atoms with Crippen molar-refractivity contribution in [3.63, 3.8) is 0 Å². The SMILES string of the molecule is CC(=O)N1CC(=O)N2[C@@H](CO)[C@@H](c3ccc(C#Cc4cccc(C)c4)cc3)[C@@H]2C1.COC[C@H]1[C@@H](c2ccc(C#Cc3cccc(C)c3)cc2)[C@@H]2CN(C(C)=O)CC(=O)N12.COC[C@H]1[C@@H](c2ccc(C#Cc3ccccc3)cc2)[C@H]2CN(C(=O)CC3CC3)CC(=O)N21.O=C(CC1CC1)N1CC(=O)N2[C@H](C1)[C@H](c1ccc(C#Cc3ccccc3)cc1)[C@@H]2CO. The van der Waals surface area contributed by atoms with E-state index >= 15 is 0 Å². The molecule has 8 aromatic carbocycles. The van der Waals surface area contributed by atoms with Crippen LogP contribution in [0.2, 0.25) is 0 Å². The predicted octanol–water partition coefficient (Wildman–Crippen LogP) is 9.90. The van der Waals surface area contributed by atoms with Gasteiger partial charge in [-0.1, -0.05) is 157 Å². The molecule has 0 unspecified atom stereocenters. The molecule has 624 valence electrons. The van der Waals surface area contributed by atoms with Gasteiger partial charge in [0.15, 0.2) is 0 Å². The Morgan fingerprint density at radius 2 is 0.590 bits per heavy atom. The monoisotopic (exact) mass is 1630 g/mol. The number of carbonyl (C=O) groups is 8. The highest BCUT2D eigenvalue weighted by Crippen LogP contribution is 2.48. The number of aryl methyl sites for hydroxylation is 2. The van der Waals surface area contributed by atoms with Gasteiger partial charge >= 0.3 is 0 Å². The van der Waals surface area contributed by atoms with Gasteiger partial charge in [-0.3, -0.25) is 38.4 Å². The molecular weight excluding hydrogens is 1530 g/mol. The Labute approximate surface area is 715 Å². The molecular formula is C102H104N8O12. The van der Waals surface area contributed by atoms with Crippen LogP contribution < -0.4 is 0 Å². The molecule has 0 radical (unpaired) electrons. The van der Waals surface area contributed by atoms with Crippen molar-refractivity contribution in [2.75, 3.05) is 93.0 Å². The number of aliphatic hydroxyl groups excluding tert-OH is 2. The minimum atomic E-state index is -0.231. The van der Waals surface area contributed by atoms with E-state index in [9.17, 15) is 48.6 Å². The maximum atomic E-state index is 12.9. The van der Waals surface area contributed by atoms with Gasteiger partial charge in [-0.15, -0.1) is 0 Å². The van der Waals surface area contributed by atoms with Crippen molar-refractivity contribution in [1.82, 2.24) is 39.2 Å². The lowest BCUT2D eigenvalue weighted by atomic mass is 9.73. The van der Waals surface area contributed by atoms with E-state index in [0.29, 0.717) is 64.1 Å². The fourth-order valence-corrected chi connectivity index (χ4v) is 18.8. The molecule has 2 aliphatic carbocycles. The highest BCUT2D eigenvalue weighted by Gasteiger charge is 2.58. The number of rotatable bonds is 14. The minimum absolute atomic E-state index is 0.000362. The smallest absolute Gasteiger partial charge is 0.242 e. The van der Waals surface area contributed by atoms with Crippen LogP contribution in [0.25, 0.3) is 0 Å². The van der Waals surface area contributed by atoms with E-state index in [1.54, 1.807) is 43.6 Å². The number of hydrogen-bond acceptors (Lipinski definition) is 12. The summed E-state index contributed by atoms with van der Waals surface area (Å²) in [6.45, 7) is 10.8. The average Bonchev–Trinajstić information content (AvgIpc) is 1.64. The molecule has 10 fully saturated rings. The van der Waals surface area contributed by atoms with E-state index in [1.165, 1.54) is 30.5 Å². The first-order valence-corrected chi connectivity index (χ1v) is 42.5. The van der Waals surface area contributed by atoms with Crippen LogP contribution >= 0.6 is 0 Å². The third kappa shape index (κ3) is 19.3. The van der Waals surface area contributed by atoms with E-state index in [4.69, 9.17) is 9.47 Å². The molecule has 12 atom stereocenters. The Morgan fingerprint density at radius 3 is 0.861 bits per heavy atom. The van der Waals surface area contributed by atoms with E-state index in [2.05, 4.69) is 96.8 Å². The molecule has 0 aromatic heterocycles. The number of methoxy groups -OCH3 is 2. The second kappa shape index (κ2) is 38.1. The van der Waals surface area contributed by atoms with Gasteiger partial charge in [0, 0.05) is 135 Å². The van der Waals surface area contributed by atoms with Gasteiger partial charge < -0.3 is 58.9 Å². The zero-order valence-electron chi connectivity index (χ0n) is 70.0. The van der Waals surface area contributed by atoms with Crippen molar-refractivity contribution in [1.29, 1.82) is 0 Å². The molecule has 0 spiro atoms. The number of carbonyl (C=O) groups excluding carboxylic acids is 8. The van der Waals surface area contributed by atoms with Crippen molar-refractivity contribution in [2.24, 2.45) is 11.8 Å². The number of ether oxygens (including phenoxy) is 2. The van der Waals surface area contributed by atoms with E-state index in [0.717, 1.165) is 86.9 Å². The third-order valence-corrected chi connectivity index (χ3v) is 25.4. The highest BCUT2D eigenvalue weighted by atomic mass is 16.5. The normalized spacial score (nSPS) is 23.7. The fourth-order valence-electron chi connectivity index (χ4n) is 18.8. The summed E-state index contributed by atoms with van der Waals surface area (Å²) in [7, 11) is 3.33. The van der Waals surface area contributed by atoms with Crippen LogP contribution in [-0.2, 0) is 47.8 Å². The topological polar surface area (TPSA) is 221 Å². The quantitative estimate of drug-likeness (QED) is 0.0972. The lowest BCUT2D eigenvalue weighted by Crippen LogP contribution is -2.73. The first kappa shape index (κ1) is 84.6. The number of benzene rings is 8. The summed E-state index contributed by atoms with van der Waals surface area (Å²) in [6.07, 6.45) is 5.67. The van der Waals surface area contributed by atoms with Crippen molar-refractivity contribution >= 4 is 47.3 Å². The summed E-state index contributed by atoms with van der Waals surface area (Å²) in [6, 6.07) is 68.0. The van der Waals surface area contributed by atoms with E-state index in [1.807, 2.05) is 181 Å². The van der Waals surface area contributed by atoms with E-state index < -0.39 is 0 Å². The van der Waals surface area contributed by atoms with Gasteiger partial charge in [0.2, 0.25) is 47.3 Å². The van der Waals surface area contributed by atoms with Crippen LogP contribution in [0.3, 0.4) is 0 Å². The first-order valence-electron chi connectivity index (χ1n) is 42.5. The van der Waals surface area contributed by atoms with Crippen LogP contribution in [0.15, 0.2) is 206 Å². The van der Waals surface area contributed by atoms with Crippen molar-refractivity contribution in [3.8, 4) is 47.4 Å². The maximum Gasteiger partial charge on any atom is 0.242 e. The summed E-state index contributed by atoms with van der Waals surface area (Å²) in [5.41, 5.74) is 14.5. The van der Waals surface area contributed by atoms with Gasteiger partial charge in [-0.05, 0) is 182 Å². The van der Waals surface area contributed by atoms with Gasteiger partial charge in [0.1, 0.15) is 0 Å². The third-order valence-electron chi connectivity index (χ3n) is 25.4. The Hall–Kier alpha value is -12.4. The number of fused-ring (bicyclic) bond motifs is 4. The Bertz CT molecular complexity index is 5460. The van der Waals surface area contributed by atoms with Gasteiger partial charge in [-0.25, -0.2) is 0 Å². The molecule has 8 heterocycles. The van der Waals surface area contributed by atoms with Crippen LogP contribution in [-0.4, -0.2) is 238 Å². The Morgan fingerprint density at radius 1 is 0.336 bits per heavy atom. The van der Waals surface area contributed by atoms with Crippen LogP contribution in [0.5, 0.6) is 0 Å².